The third-order valence-electron chi connectivity index (χ3n) is 5.13. The van der Waals surface area contributed by atoms with Crippen LogP contribution >= 0.6 is 11.8 Å². The number of para-hydroxylation sites is 1. The summed E-state index contributed by atoms with van der Waals surface area (Å²) in [6.45, 7) is 0.441. The van der Waals surface area contributed by atoms with Crippen LogP contribution in [-0.2, 0) is 21.2 Å². The predicted octanol–water partition coefficient (Wildman–Crippen LogP) is 3.64. The van der Waals surface area contributed by atoms with Crippen LogP contribution in [0.5, 0.6) is 0 Å². The van der Waals surface area contributed by atoms with Crippen molar-refractivity contribution in [2.75, 3.05) is 12.3 Å². The normalized spacial score (nSPS) is 11.3. The number of nitrogens with one attached hydrogen (secondary N) is 1. The number of sulfonamides is 1. The van der Waals surface area contributed by atoms with E-state index in [-0.39, 0.29) is 16.6 Å². The number of rotatable bonds is 9. The van der Waals surface area contributed by atoms with Crippen molar-refractivity contribution in [1.29, 1.82) is 0 Å². The van der Waals surface area contributed by atoms with Gasteiger partial charge in [-0.15, -0.1) is 0 Å². The summed E-state index contributed by atoms with van der Waals surface area (Å²) in [5, 5.41) is 8.76. The maximum atomic E-state index is 12.5. The molecular formula is C25H24N4O3S2. The topological polar surface area (TPSA) is 107 Å². The molecule has 174 valence electrons. The summed E-state index contributed by atoms with van der Waals surface area (Å²) in [6, 6.07) is 26.3. The lowest BCUT2D eigenvalue weighted by Crippen LogP contribution is -2.27. The number of aromatic nitrogens is 2. The Bertz CT molecular complexity index is 1350. The number of carbonyl (C=O) groups excluding carboxylic acids is 1. The molecule has 0 saturated heterocycles. The number of imidazole rings is 1. The fourth-order valence-electron chi connectivity index (χ4n) is 3.45. The van der Waals surface area contributed by atoms with Gasteiger partial charge in [-0.25, -0.2) is 18.5 Å². The second-order valence-electron chi connectivity index (χ2n) is 7.54. The van der Waals surface area contributed by atoms with Crippen molar-refractivity contribution < 1.29 is 13.2 Å². The molecule has 4 rings (SSSR count). The highest BCUT2D eigenvalue weighted by atomic mass is 32.2. The molecule has 0 radical (unpaired) electrons. The first kappa shape index (κ1) is 23.7. The van der Waals surface area contributed by atoms with E-state index in [0.717, 1.165) is 27.7 Å². The first-order valence-corrected chi connectivity index (χ1v) is 13.1. The molecule has 0 aliphatic carbocycles. The van der Waals surface area contributed by atoms with E-state index < -0.39 is 10.0 Å². The van der Waals surface area contributed by atoms with Gasteiger partial charge < -0.3 is 5.32 Å². The monoisotopic (exact) mass is 492 g/mol. The molecule has 0 bridgehead atoms. The number of thioether (sulfide) groups is 1. The average molecular weight is 493 g/mol. The van der Waals surface area contributed by atoms with Gasteiger partial charge in [-0.1, -0.05) is 72.4 Å². The second kappa shape index (κ2) is 10.7. The lowest BCUT2D eigenvalue weighted by Gasteiger charge is -2.12. The number of carbonyl (C=O) groups is 1. The molecule has 0 aliphatic rings. The number of benzene rings is 3. The minimum absolute atomic E-state index is 0.0699. The van der Waals surface area contributed by atoms with Crippen molar-refractivity contribution in [3.05, 3.63) is 96.7 Å². The quantitative estimate of drug-likeness (QED) is 0.347. The Kier molecular flexibility index (Phi) is 7.46. The van der Waals surface area contributed by atoms with Gasteiger partial charge in [0.1, 0.15) is 0 Å². The van der Waals surface area contributed by atoms with E-state index in [1.165, 1.54) is 23.9 Å². The van der Waals surface area contributed by atoms with E-state index in [0.29, 0.717) is 13.0 Å². The zero-order chi connectivity index (χ0) is 24.0. The fraction of sp³-hybridized carbons (Fsp3) is 0.120. The molecule has 0 spiro atoms. The summed E-state index contributed by atoms with van der Waals surface area (Å²) in [4.78, 5) is 17.1. The molecule has 4 aromatic rings. The Labute approximate surface area is 203 Å². The molecular weight excluding hydrogens is 468 g/mol. The van der Waals surface area contributed by atoms with E-state index in [9.17, 15) is 13.2 Å². The highest BCUT2D eigenvalue weighted by Crippen LogP contribution is 2.29. The van der Waals surface area contributed by atoms with E-state index in [1.807, 2.05) is 66.9 Å². The second-order valence-corrected chi connectivity index (χ2v) is 10.0. The fourth-order valence-corrected chi connectivity index (χ4v) is 4.79. The summed E-state index contributed by atoms with van der Waals surface area (Å²) in [7, 11) is -3.71. The van der Waals surface area contributed by atoms with Gasteiger partial charge in [0.25, 0.3) is 0 Å². The molecule has 3 aromatic carbocycles. The smallest absolute Gasteiger partial charge is 0.238 e. The Morgan fingerprint density at radius 1 is 0.941 bits per heavy atom. The van der Waals surface area contributed by atoms with E-state index in [2.05, 4.69) is 14.9 Å². The van der Waals surface area contributed by atoms with Gasteiger partial charge in [0.2, 0.25) is 15.9 Å². The zero-order valence-corrected chi connectivity index (χ0v) is 19.9. The Balaban J connectivity index is 1.39. The van der Waals surface area contributed by atoms with Gasteiger partial charge in [0, 0.05) is 17.8 Å². The largest absolute Gasteiger partial charge is 0.355 e. The van der Waals surface area contributed by atoms with Crippen LogP contribution in [0.2, 0.25) is 0 Å². The van der Waals surface area contributed by atoms with Crippen molar-refractivity contribution in [2.24, 2.45) is 5.14 Å². The number of hydrogen-bond donors (Lipinski definition) is 2. The van der Waals surface area contributed by atoms with E-state index in [4.69, 9.17) is 5.14 Å². The van der Waals surface area contributed by atoms with Gasteiger partial charge in [0.05, 0.1) is 22.5 Å². The van der Waals surface area contributed by atoms with E-state index >= 15 is 0 Å². The summed E-state index contributed by atoms with van der Waals surface area (Å²) in [5.41, 5.74) is 3.89. The van der Waals surface area contributed by atoms with Gasteiger partial charge >= 0.3 is 0 Å². The molecule has 1 heterocycles. The van der Waals surface area contributed by atoms with Crippen molar-refractivity contribution >= 4 is 27.7 Å². The predicted molar refractivity (Wildman–Crippen MR) is 134 cm³/mol. The number of nitrogens with two attached hydrogens (primary N) is 1. The highest BCUT2D eigenvalue weighted by Gasteiger charge is 2.15. The van der Waals surface area contributed by atoms with Crippen LogP contribution in [0.25, 0.3) is 16.9 Å². The van der Waals surface area contributed by atoms with E-state index in [1.54, 1.807) is 12.1 Å². The van der Waals surface area contributed by atoms with Crippen molar-refractivity contribution in [3.63, 3.8) is 0 Å². The van der Waals surface area contributed by atoms with Gasteiger partial charge in [0.15, 0.2) is 5.16 Å². The molecule has 34 heavy (non-hydrogen) atoms. The van der Waals surface area contributed by atoms with Crippen molar-refractivity contribution in [3.8, 4) is 16.9 Å². The van der Waals surface area contributed by atoms with Gasteiger partial charge in [-0.05, 0) is 36.2 Å². The Morgan fingerprint density at radius 2 is 1.59 bits per heavy atom. The minimum atomic E-state index is -3.71. The molecule has 0 saturated carbocycles. The molecule has 0 unspecified atom stereocenters. The van der Waals surface area contributed by atoms with Crippen LogP contribution in [0.1, 0.15) is 5.56 Å². The summed E-state index contributed by atoms with van der Waals surface area (Å²) in [5.74, 6) is 0.123. The molecule has 7 nitrogen and oxygen atoms in total. The third-order valence-corrected chi connectivity index (χ3v) is 7.02. The standard InChI is InChI=1S/C25H24N4O3S2/c26-34(31,32)22-13-11-19(12-14-22)15-16-27-24(30)18-33-25-28-17-23(20-7-3-1-4-8-20)29(25)21-9-5-2-6-10-21/h1-14,17H,15-16,18H2,(H,27,30)(H2,26,31,32). The first-order valence-electron chi connectivity index (χ1n) is 10.6. The maximum absolute atomic E-state index is 12.5. The Hall–Kier alpha value is -3.40. The first-order chi connectivity index (χ1) is 16.4. The zero-order valence-electron chi connectivity index (χ0n) is 18.3. The lowest BCUT2D eigenvalue weighted by atomic mass is 10.1. The number of nitrogens with zero attached hydrogens (tertiary/aromatic N) is 2. The molecule has 0 fully saturated rings. The molecule has 1 amide bonds. The molecule has 0 atom stereocenters. The van der Waals surface area contributed by atoms with Crippen molar-refractivity contribution in [1.82, 2.24) is 14.9 Å². The number of hydrogen-bond acceptors (Lipinski definition) is 5. The molecule has 0 aliphatic heterocycles. The van der Waals surface area contributed by atoms with Crippen LogP contribution in [0, 0.1) is 0 Å². The van der Waals surface area contributed by atoms with Crippen LogP contribution in [0.4, 0.5) is 0 Å². The van der Waals surface area contributed by atoms with Crippen LogP contribution in [0.3, 0.4) is 0 Å². The van der Waals surface area contributed by atoms with Crippen LogP contribution in [-0.4, -0.2) is 36.2 Å². The highest BCUT2D eigenvalue weighted by molar-refractivity contribution is 7.99. The summed E-state index contributed by atoms with van der Waals surface area (Å²) < 4.78 is 24.7. The van der Waals surface area contributed by atoms with Gasteiger partial charge in [-0.3, -0.25) is 9.36 Å². The summed E-state index contributed by atoms with van der Waals surface area (Å²) >= 11 is 1.38. The summed E-state index contributed by atoms with van der Waals surface area (Å²) in [6.07, 6.45) is 2.41. The van der Waals surface area contributed by atoms with Crippen LogP contribution in [0.15, 0.2) is 101 Å². The average Bonchev–Trinajstić information content (AvgIpc) is 3.28. The minimum Gasteiger partial charge on any atom is -0.355 e. The maximum Gasteiger partial charge on any atom is 0.238 e. The number of amides is 1. The van der Waals surface area contributed by atoms with Crippen molar-refractivity contribution in [2.45, 2.75) is 16.5 Å². The third kappa shape index (κ3) is 5.93. The Morgan fingerprint density at radius 3 is 2.24 bits per heavy atom. The van der Waals surface area contributed by atoms with Gasteiger partial charge in [-0.2, -0.15) is 0 Å². The number of primary sulfonamides is 1. The lowest BCUT2D eigenvalue weighted by molar-refractivity contribution is -0.118. The SMILES string of the molecule is NS(=O)(=O)c1ccc(CCNC(=O)CSc2ncc(-c3ccccc3)n2-c2ccccc2)cc1. The molecule has 1 aromatic heterocycles. The molecule has 3 N–H and O–H groups in total. The van der Waals surface area contributed by atoms with Crippen LogP contribution < -0.4 is 10.5 Å². The molecule has 9 heteroatoms.